The molecule has 0 unspecified atom stereocenters. The lowest BCUT2D eigenvalue weighted by atomic mass is 9.85. The van der Waals surface area contributed by atoms with Crippen molar-refractivity contribution in [2.24, 2.45) is 11.7 Å². The van der Waals surface area contributed by atoms with Gasteiger partial charge in [0.1, 0.15) is 6.04 Å². The first-order valence-electron chi connectivity index (χ1n) is 9.33. The van der Waals surface area contributed by atoms with Crippen LogP contribution in [0, 0.1) is 5.92 Å². The molecule has 2 rings (SSSR count). The Morgan fingerprint density at radius 1 is 1.30 bits per heavy atom. The van der Waals surface area contributed by atoms with Crippen molar-refractivity contribution in [3.8, 4) is 0 Å². The van der Waals surface area contributed by atoms with Crippen molar-refractivity contribution in [1.29, 1.82) is 0 Å². The number of hydrogen-bond acceptors (Lipinski definition) is 3. The van der Waals surface area contributed by atoms with Gasteiger partial charge in [0.25, 0.3) is 0 Å². The molecule has 1 heterocycles. The van der Waals surface area contributed by atoms with Crippen LogP contribution in [0.2, 0.25) is 5.02 Å². The van der Waals surface area contributed by atoms with E-state index < -0.39 is 17.5 Å². The largest absolute Gasteiger partial charge is 0.368 e. The highest BCUT2D eigenvalue weighted by Crippen LogP contribution is 2.30. The fourth-order valence-electron chi connectivity index (χ4n) is 3.51. The molecule has 0 bridgehead atoms. The Bertz CT molecular complexity index is 690. The van der Waals surface area contributed by atoms with Crippen molar-refractivity contribution in [2.45, 2.75) is 64.0 Å². The number of benzene rings is 1. The normalized spacial score (nSPS) is 20.4. The van der Waals surface area contributed by atoms with Crippen molar-refractivity contribution in [3.05, 3.63) is 34.9 Å². The molecule has 148 valence electrons. The van der Waals surface area contributed by atoms with E-state index >= 15 is 0 Å². The van der Waals surface area contributed by atoms with Crippen LogP contribution in [0.25, 0.3) is 0 Å². The highest BCUT2D eigenvalue weighted by molar-refractivity contribution is 6.30. The van der Waals surface area contributed by atoms with E-state index in [0.717, 1.165) is 5.56 Å². The van der Waals surface area contributed by atoms with E-state index in [9.17, 15) is 14.4 Å². The van der Waals surface area contributed by atoms with Crippen LogP contribution in [0.5, 0.6) is 0 Å². The number of nitrogens with two attached hydrogens (primary N) is 1. The molecule has 7 heteroatoms. The molecular formula is C20H28ClN3O3. The van der Waals surface area contributed by atoms with Gasteiger partial charge in [0, 0.05) is 23.4 Å². The molecule has 0 radical (unpaired) electrons. The summed E-state index contributed by atoms with van der Waals surface area (Å²) in [5, 5.41) is 6.44. The Morgan fingerprint density at radius 2 is 1.96 bits per heavy atom. The lowest BCUT2D eigenvalue weighted by Gasteiger charge is -2.29. The van der Waals surface area contributed by atoms with Crippen LogP contribution in [0.1, 0.15) is 51.5 Å². The molecule has 27 heavy (non-hydrogen) atoms. The average molecular weight is 394 g/mol. The second kappa shape index (κ2) is 9.22. The number of primary amides is 1. The maximum Gasteiger partial charge on any atom is 0.240 e. The molecule has 0 aromatic heterocycles. The molecule has 0 saturated carbocycles. The van der Waals surface area contributed by atoms with E-state index in [0.29, 0.717) is 37.1 Å². The maximum atomic E-state index is 12.4. The Hall–Kier alpha value is -2.08. The van der Waals surface area contributed by atoms with Gasteiger partial charge in [-0.3, -0.25) is 14.4 Å². The van der Waals surface area contributed by atoms with Crippen molar-refractivity contribution >= 4 is 29.3 Å². The Labute approximate surface area is 165 Å². The monoisotopic (exact) mass is 393 g/mol. The van der Waals surface area contributed by atoms with Crippen LogP contribution in [-0.2, 0) is 20.8 Å². The molecule has 2 atom stereocenters. The molecule has 1 aliphatic heterocycles. The van der Waals surface area contributed by atoms with Gasteiger partial charge in [-0.15, -0.1) is 0 Å². The summed E-state index contributed by atoms with van der Waals surface area (Å²) in [4.78, 5) is 35.8. The highest BCUT2D eigenvalue weighted by atomic mass is 35.5. The number of amides is 3. The minimum atomic E-state index is -0.664. The van der Waals surface area contributed by atoms with Crippen LogP contribution in [0.15, 0.2) is 24.3 Å². The van der Waals surface area contributed by atoms with Crippen molar-refractivity contribution in [2.75, 3.05) is 0 Å². The van der Waals surface area contributed by atoms with E-state index in [-0.39, 0.29) is 24.2 Å². The van der Waals surface area contributed by atoms with Crippen molar-refractivity contribution in [3.63, 3.8) is 0 Å². The summed E-state index contributed by atoms with van der Waals surface area (Å²) in [6.45, 7) is 3.94. The molecule has 3 amide bonds. The van der Waals surface area contributed by atoms with Gasteiger partial charge in [-0.1, -0.05) is 37.6 Å². The van der Waals surface area contributed by atoms with Crippen molar-refractivity contribution in [1.82, 2.24) is 10.6 Å². The van der Waals surface area contributed by atoms with Gasteiger partial charge < -0.3 is 16.4 Å². The zero-order chi connectivity index (χ0) is 20.0. The molecule has 1 aromatic carbocycles. The van der Waals surface area contributed by atoms with E-state index in [1.807, 2.05) is 38.1 Å². The summed E-state index contributed by atoms with van der Waals surface area (Å²) >= 11 is 5.94. The van der Waals surface area contributed by atoms with Gasteiger partial charge in [0.05, 0.1) is 0 Å². The highest BCUT2D eigenvalue weighted by Gasteiger charge is 2.38. The third kappa shape index (κ3) is 6.54. The minimum absolute atomic E-state index is 0.000748. The standard InChI is InChI=1S/C20H28ClN3O3/c1-13(2)11-16(19(22)27)23-17(25)7-9-20(10-8-18(26)24-20)12-14-3-5-15(21)6-4-14/h3-6,13,16H,7-12H2,1-2H3,(H2,22,27)(H,23,25)(H,24,26)/t16-,20+/m0/s1. The first-order chi connectivity index (χ1) is 12.7. The summed E-state index contributed by atoms with van der Waals surface area (Å²) < 4.78 is 0. The zero-order valence-electron chi connectivity index (χ0n) is 15.9. The van der Waals surface area contributed by atoms with Crippen LogP contribution < -0.4 is 16.4 Å². The molecule has 0 aliphatic carbocycles. The number of rotatable bonds is 9. The first kappa shape index (κ1) is 21.2. The van der Waals surface area contributed by atoms with Gasteiger partial charge in [-0.05, 0) is 49.3 Å². The Kier molecular flexibility index (Phi) is 7.25. The number of carbonyl (C=O) groups is 3. The average Bonchev–Trinajstić information content (AvgIpc) is 2.95. The van der Waals surface area contributed by atoms with Crippen molar-refractivity contribution < 1.29 is 14.4 Å². The topological polar surface area (TPSA) is 101 Å². The number of carbonyl (C=O) groups excluding carboxylic acids is 3. The molecule has 0 spiro atoms. The lowest BCUT2D eigenvalue weighted by molar-refractivity contribution is -0.128. The van der Waals surface area contributed by atoms with Gasteiger partial charge in [0.2, 0.25) is 17.7 Å². The minimum Gasteiger partial charge on any atom is -0.368 e. The lowest BCUT2D eigenvalue weighted by Crippen LogP contribution is -2.47. The van der Waals surface area contributed by atoms with E-state index in [4.69, 9.17) is 17.3 Å². The molecule has 1 aromatic rings. The van der Waals surface area contributed by atoms with Gasteiger partial charge in [0.15, 0.2) is 0 Å². The number of nitrogens with one attached hydrogen (secondary N) is 2. The van der Waals surface area contributed by atoms with Crippen LogP contribution >= 0.6 is 11.6 Å². The quantitative estimate of drug-likeness (QED) is 0.600. The fraction of sp³-hybridized carbons (Fsp3) is 0.550. The molecule has 6 nitrogen and oxygen atoms in total. The van der Waals surface area contributed by atoms with Gasteiger partial charge in [-0.2, -0.15) is 0 Å². The second-order valence-electron chi connectivity index (χ2n) is 7.78. The maximum absolute atomic E-state index is 12.4. The van der Waals surface area contributed by atoms with Crippen LogP contribution in [-0.4, -0.2) is 29.3 Å². The summed E-state index contributed by atoms with van der Waals surface area (Å²) in [5.41, 5.74) is 5.99. The van der Waals surface area contributed by atoms with Crippen LogP contribution in [0.4, 0.5) is 0 Å². The summed E-state index contributed by atoms with van der Waals surface area (Å²) in [5.74, 6) is -0.509. The number of halogens is 1. The molecular weight excluding hydrogens is 366 g/mol. The first-order valence-corrected chi connectivity index (χ1v) is 9.71. The third-order valence-corrected chi connectivity index (χ3v) is 5.16. The van der Waals surface area contributed by atoms with Gasteiger partial charge in [-0.25, -0.2) is 0 Å². The smallest absolute Gasteiger partial charge is 0.240 e. The van der Waals surface area contributed by atoms with E-state index in [1.54, 1.807) is 0 Å². The van der Waals surface area contributed by atoms with E-state index in [1.165, 1.54) is 0 Å². The molecule has 4 N–H and O–H groups in total. The summed E-state index contributed by atoms with van der Waals surface area (Å²) in [6, 6.07) is 6.83. The SMILES string of the molecule is CC(C)C[C@H](NC(=O)CC[C@]1(Cc2ccc(Cl)cc2)CCC(=O)N1)C(N)=O. The molecule has 1 saturated heterocycles. The predicted octanol–water partition coefficient (Wildman–Crippen LogP) is 2.33. The molecule has 1 fully saturated rings. The third-order valence-electron chi connectivity index (χ3n) is 4.91. The second-order valence-corrected chi connectivity index (χ2v) is 8.22. The van der Waals surface area contributed by atoms with Gasteiger partial charge >= 0.3 is 0 Å². The Balaban J connectivity index is 1.99. The fourth-order valence-corrected chi connectivity index (χ4v) is 3.64. The Morgan fingerprint density at radius 3 is 2.48 bits per heavy atom. The van der Waals surface area contributed by atoms with E-state index in [2.05, 4.69) is 10.6 Å². The summed E-state index contributed by atoms with van der Waals surface area (Å²) in [7, 11) is 0. The predicted molar refractivity (Wildman–Crippen MR) is 105 cm³/mol. The molecule has 1 aliphatic rings. The zero-order valence-corrected chi connectivity index (χ0v) is 16.6. The van der Waals surface area contributed by atoms with Crippen LogP contribution in [0.3, 0.4) is 0 Å². The summed E-state index contributed by atoms with van der Waals surface area (Å²) in [6.07, 6.45) is 2.98. The number of hydrogen-bond donors (Lipinski definition) is 3.